The van der Waals surface area contributed by atoms with Crippen molar-refractivity contribution >= 4 is 5.96 Å². The Hall–Kier alpha value is -0.890. The standard InChI is InChI=1S/C18H37N5O2/c1-4-19-18(20-8-11-22(2)9-6-12-24-3)21-13-17-14-23-10-5-7-16(23)15-25-17/h16-17H,4-15H2,1-3H3,(H2,19,20,21). The summed E-state index contributed by atoms with van der Waals surface area (Å²) < 4.78 is 11.1. The van der Waals surface area contributed by atoms with Crippen LogP contribution in [0.4, 0.5) is 0 Å². The molecule has 0 radical (unpaired) electrons. The summed E-state index contributed by atoms with van der Waals surface area (Å²) in [6.07, 6.45) is 3.89. The second kappa shape index (κ2) is 11.7. The van der Waals surface area contributed by atoms with E-state index in [4.69, 9.17) is 14.5 Å². The third-order valence-corrected chi connectivity index (χ3v) is 4.93. The fourth-order valence-electron chi connectivity index (χ4n) is 3.49. The van der Waals surface area contributed by atoms with E-state index in [0.717, 1.165) is 64.9 Å². The van der Waals surface area contributed by atoms with Crippen LogP contribution in [-0.4, -0.2) is 101 Å². The van der Waals surface area contributed by atoms with E-state index in [1.165, 1.54) is 19.4 Å². The molecule has 25 heavy (non-hydrogen) atoms. The number of fused-ring (bicyclic) bond motifs is 1. The van der Waals surface area contributed by atoms with Gasteiger partial charge in [-0.15, -0.1) is 0 Å². The van der Waals surface area contributed by atoms with Crippen molar-refractivity contribution in [2.75, 3.05) is 73.2 Å². The van der Waals surface area contributed by atoms with Gasteiger partial charge in [-0.05, 0) is 39.8 Å². The summed E-state index contributed by atoms with van der Waals surface area (Å²) in [5.41, 5.74) is 0. The predicted octanol–water partition coefficient (Wildman–Crippen LogP) is 0.373. The molecule has 0 aromatic heterocycles. The van der Waals surface area contributed by atoms with Crippen LogP contribution in [0.2, 0.25) is 0 Å². The van der Waals surface area contributed by atoms with E-state index >= 15 is 0 Å². The molecule has 0 spiro atoms. The van der Waals surface area contributed by atoms with Crippen LogP contribution in [-0.2, 0) is 9.47 Å². The number of hydrogen-bond donors (Lipinski definition) is 2. The summed E-state index contributed by atoms with van der Waals surface area (Å²) in [6.45, 7) is 10.6. The van der Waals surface area contributed by atoms with E-state index in [1.54, 1.807) is 7.11 Å². The van der Waals surface area contributed by atoms with Gasteiger partial charge in [-0.25, -0.2) is 0 Å². The Bertz CT molecular complexity index is 394. The molecule has 2 N–H and O–H groups in total. The summed E-state index contributed by atoms with van der Waals surface area (Å²) in [4.78, 5) is 9.61. The van der Waals surface area contributed by atoms with Crippen LogP contribution in [0, 0.1) is 0 Å². The Morgan fingerprint density at radius 2 is 2.24 bits per heavy atom. The minimum Gasteiger partial charge on any atom is -0.385 e. The number of hydrogen-bond acceptors (Lipinski definition) is 5. The zero-order chi connectivity index (χ0) is 17.9. The second-order valence-electron chi connectivity index (χ2n) is 7.04. The summed E-state index contributed by atoms with van der Waals surface area (Å²) in [7, 11) is 3.89. The molecule has 2 aliphatic heterocycles. The highest BCUT2D eigenvalue weighted by atomic mass is 16.5. The van der Waals surface area contributed by atoms with Gasteiger partial charge in [-0.1, -0.05) is 0 Å². The van der Waals surface area contributed by atoms with Gasteiger partial charge in [0.25, 0.3) is 0 Å². The molecule has 2 aliphatic rings. The molecular weight excluding hydrogens is 318 g/mol. The molecule has 0 saturated carbocycles. The minimum absolute atomic E-state index is 0.224. The smallest absolute Gasteiger partial charge is 0.191 e. The highest BCUT2D eigenvalue weighted by molar-refractivity contribution is 5.79. The molecule has 2 unspecified atom stereocenters. The van der Waals surface area contributed by atoms with E-state index in [-0.39, 0.29) is 6.10 Å². The van der Waals surface area contributed by atoms with Gasteiger partial charge < -0.3 is 25.0 Å². The Labute approximate surface area is 153 Å². The van der Waals surface area contributed by atoms with Gasteiger partial charge in [-0.3, -0.25) is 9.89 Å². The lowest BCUT2D eigenvalue weighted by Gasteiger charge is -2.34. The SMILES string of the molecule is CCNC(=NCC1CN2CCCC2CO1)NCCN(C)CCCOC. The van der Waals surface area contributed by atoms with Crippen molar-refractivity contribution in [3.8, 4) is 0 Å². The lowest BCUT2D eigenvalue weighted by molar-refractivity contribution is -0.0432. The van der Waals surface area contributed by atoms with E-state index in [9.17, 15) is 0 Å². The number of guanidine groups is 1. The van der Waals surface area contributed by atoms with Crippen molar-refractivity contribution in [2.24, 2.45) is 4.99 Å². The summed E-state index contributed by atoms with van der Waals surface area (Å²) in [5.74, 6) is 0.889. The first-order valence-electron chi connectivity index (χ1n) is 9.78. The molecule has 2 heterocycles. The van der Waals surface area contributed by atoms with Crippen LogP contribution in [0.25, 0.3) is 0 Å². The summed E-state index contributed by atoms with van der Waals surface area (Å²) in [5, 5.41) is 6.75. The molecule has 0 aromatic rings. The van der Waals surface area contributed by atoms with Crippen molar-refractivity contribution in [3.05, 3.63) is 0 Å². The monoisotopic (exact) mass is 355 g/mol. The second-order valence-corrected chi connectivity index (χ2v) is 7.04. The molecule has 0 aromatic carbocycles. The molecule has 0 aliphatic carbocycles. The van der Waals surface area contributed by atoms with Crippen molar-refractivity contribution in [1.82, 2.24) is 20.4 Å². The molecule has 2 fully saturated rings. The van der Waals surface area contributed by atoms with Crippen LogP contribution < -0.4 is 10.6 Å². The van der Waals surface area contributed by atoms with Crippen LogP contribution in [0.3, 0.4) is 0 Å². The van der Waals surface area contributed by atoms with E-state index in [2.05, 4.69) is 34.4 Å². The number of likely N-dealkylation sites (N-methyl/N-ethyl adjacent to an activating group) is 1. The number of nitrogens with one attached hydrogen (secondary N) is 2. The molecule has 146 valence electrons. The van der Waals surface area contributed by atoms with Gasteiger partial charge in [-0.2, -0.15) is 0 Å². The van der Waals surface area contributed by atoms with Crippen molar-refractivity contribution in [2.45, 2.75) is 38.3 Å². The van der Waals surface area contributed by atoms with Crippen molar-refractivity contribution in [1.29, 1.82) is 0 Å². The first-order chi connectivity index (χ1) is 12.2. The van der Waals surface area contributed by atoms with Gasteiger partial charge in [0.1, 0.15) is 0 Å². The van der Waals surface area contributed by atoms with E-state index < -0.39 is 0 Å². The number of ether oxygens (including phenoxy) is 2. The fraction of sp³-hybridized carbons (Fsp3) is 0.944. The van der Waals surface area contributed by atoms with Crippen molar-refractivity contribution in [3.63, 3.8) is 0 Å². The molecule has 7 nitrogen and oxygen atoms in total. The molecule has 0 bridgehead atoms. The molecule has 2 rings (SSSR count). The molecular formula is C18H37N5O2. The van der Waals surface area contributed by atoms with E-state index in [1.807, 2.05) is 0 Å². The topological polar surface area (TPSA) is 61.4 Å². The maximum atomic E-state index is 5.99. The highest BCUT2D eigenvalue weighted by Crippen LogP contribution is 2.22. The van der Waals surface area contributed by atoms with Crippen LogP contribution >= 0.6 is 0 Å². The minimum atomic E-state index is 0.224. The Morgan fingerprint density at radius 1 is 1.36 bits per heavy atom. The number of rotatable bonds is 10. The number of morpholine rings is 1. The third kappa shape index (κ3) is 7.48. The largest absolute Gasteiger partial charge is 0.385 e. The Kier molecular flexibility index (Phi) is 9.54. The maximum absolute atomic E-state index is 5.99. The Morgan fingerprint density at radius 3 is 3.04 bits per heavy atom. The lowest BCUT2D eigenvalue weighted by Crippen LogP contribution is -2.48. The summed E-state index contributed by atoms with van der Waals surface area (Å²) >= 11 is 0. The van der Waals surface area contributed by atoms with E-state index in [0.29, 0.717) is 6.04 Å². The third-order valence-electron chi connectivity index (χ3n) is 4.93. The highest BCUT2D eigenvalue weighted by Gasteiger charge is 2.31. The average Bonchev–Trinajstić information content (AvgIpc) is 3.07. The summed E-state index contributed by atoms with van der Waals surface area (Å²) in [6, 6.07) is 0.653. The van der Waals surface area contributed by atoms with Crippen LogP contribution in [0.1, 0.15) is 26.2 Å². The van der Waals surface area contributed by atoms with Gasteiger partial charge in [0.2, 0.25) is 0 Å². The van der Waals surface area contributed by atoms with Crippen LogP contribution in [0.15, 0.2) is 4.99 Å². The number of methoxy groups -OCH3 is 1. The number of nitrogens with zero attached hydrogens (tertiary/aromatic N) is 3. The van der Waals surface area contributed by atoms with Gasteiger partial charge in [0, 0.05) is 52.5 Å². The first-order valence-corrected chi connectivity index (χ1v) is 9.78. The predicted molar refractivity (Wildman–Crippen MR) is 102 cm³/mol. The van der Waals surface area contributed by atoms with Gasteiger partial charge in [0.15, 0.2) is 5.96 Å². The molecule has 7 heteroatoms. The quantitative estimate of drug-likeness (QED) is 0.335. The lowest BCUT2D eigenvalue weighted by atomic mass is 10.2. The zero-order valence-corrected chi connectivity index (χ0v) is 16.3. The Balaban J connectivity index is 1.67. The normalized spacial score (nSPS) is 24.6. The first kappa shape index (κ1) is 20.4. The molecule has 2 atom stereocenters. The molecule has 2 saturated heterocycles. The maximum Gasteiger partial charge on any atom is 0.191 e. The average molecular weight is 356 g/mol. The fourth-order valence-corrected chi connectivity index (χ4v) is 3.49. The number of aliphatic imine (C=N–C) groups is 1. The van der Waals surface area contributed by atoms with Gasteiger partial charge >= 0.3 is 0 Å². The van der Waals surface area contributed by atoms with Crippen molar-refractivity contribution < 1.29 is 9.47 Å². The van der Waals surface area contributed by atoms with Gasteiger partial charge in [0.05, 0.1) is 19.3 Å². The zero-order valence-electron chi connectivity index (χ0n) is 16.3. The van der Waals surface area contributed by atoms with Crippen LogP contribution in [0.5, 0.6) is 0 Å². The molecule has 0 amide bonds.